The maximum atomic E-state index is 12.0. The van der Waals surface area contributed by atoms with Crippen LogP contribution in [0.3, 0.4) is 0 Å². The number of aromatic hydroxyl groups is 2. The van der Waals surface area contributed by atoms with E-state index in [0.29, 0.717) is 4.90 Å². The number of carboxylic acid groups (broad SMARTS) is 1. The van der Waals surface area contributed by atoms with Gasteiger partial charge in [0.2, 0.25) is 5.91 Å². The minimum atomic E-state index is -1.33. The highest BCUT2D eigenvalue weighted by atomic mass is 16.4. The zero-order valence-corrected chi connectivity index (χ0v) is 9.74. The summed E-state index contributed by atoms with van der Waals surface area (Å²) in [6.45, 7) is -1.33. The molecule has 0 radical (unpaired) electrons. The Bertz CT molecular complexity index is 512. The van der Waals surface area contributed by atoms with E-state index in [0.717, 1.165) is 18.2 Å². The van der Waals surface area contributed by atoms with Crippen LogP contribution in [0.1, 0.15) is 10.4 Å². The molecule has 0 bridgehead atoms. The summed E-state index contributed by atoms with van der Waals surface area (Å²) in [7, 11) is 0. The maximum absolute atomic E-state index is 12.0. The Labute approximate surface area is 107 Å². The molecule has 0 aliphatic rings. The number of phenolic OH excluding ortho intramolecular Hbond substituents is 2. The molecule has 0 fully saturated rings. The van der Waals surface area contributed by atoms with E-state index in [1.54, 1.807) is 0 Å². The van der Waals surface area contributed by atoms with Gasteiger partial charge >= 0.3 is 5.97 Å². The minimum absolute atomic E-state index is 0.236. The third-order valence-corrected chi connectivity index (χ3v) is 2.17. The lowest BCUT2D eigenvalue weighted by Crippen LogP contribution is -2.41. The van der Waals surface area contributed by atoms with E-state index in [9.17, 15) is 19.5 Å². The van der Waals surface area contributed by atoms with Gasteiger partial charge in [-0.1, -0.05) is 0 Å². The molecule has 8 nitrogen and oxygen atoms in total. The fourth-order valence-corrected chi connectivity index (χ4v) is 1.42. The van der Waals surface area contributed by atoms with Crippen molar-refractivity contribution >= 4 is 17.8 Å². The van der Waals surface area contributed by atoms with E-state index < -0.39 is 36.6 Å². The first kappa shape index (κ1) is 14.3. The average molecular weight is 268 g/mol. The highest BCUT2D eigenvalue weighted by Crippen LogP contribution is 2.23. The second-order valence-electron chi connectivity index (χ2n) is 3.72. The second kappa shape index (κ2) is 5.71. The van der Waals surface area contributed by atoms with E-state index in [1.165, 1.54) is 0 Å². The van der Waals surface area contributed by atoms with Gasteiger partial charge < -0.3 is 26.0 Å². The molecule has 0 aliphatic heterocycles. The minimum Gasteiger partial charge on any atom is -0.508 e. The predicted molar refractivity (Wildman–Crippen MR) is 62.5 cm³/mol. The van der Waals surface area contributed by atoms with Crippen LogP contribution < -0.4 is 5.73 Å². The Balaban J connectivity index is 3.04. The quantitative estimate of drug-likeness (QED) is 0.545. The number of amides is 2. The predicted octanol–water partition coefficient (Wildman–Crippen LogP) is -0.890. The molecule has 19 heavy (non-hydrogen) atoms. The number of carbonyl (C=O) groups excluding carboxylic acids is 2. The maximum Gasteiger partial charge on any atom is 0.323 e. The monoisotopic (exact) mass is 268 g/mol. The van der Waals surface area contributed by atoms with Crippen LogP contribution in [-0.2, 0) is 9.59 Å². The van der Waals surface area contributed by atoms with Gasteiger partial charge in [-0.05, 0) is 12.1 Å². The Morgan fingerprint density at radius 2 is 1.79 bits per heavy atom. The summed E-state index contributed by atoms with van der Waals surface area (Å²) >= 11 is 0. The van der Waals surface area contributed by atoms with Crippen molar-refractivity contribution in [3.8, 4) is 11.5 Å². The summed E-state index contributed by atoms with van der Waals surface area (Å²) in [5, 5.41) is 27.3. The molecule has 0 unspecified atom stereocenters. The molecule has 1 aromatic carbocycles. The molecule has 0 aromatic heterocycles. The normalized spacial score (nSPS) is 9.89. The number of rotatable bonds is 5. The number of hydrogen-bond donors (Lipinski definition) is 4. The molecule has 0 heterocycles. The smallest absolute Gasteiger partial charge is 0.323 e. The number of nitrogens with two attached hydrogens (primary N) is 1. The first-order valence-electron chi connectivity index (χ1n) is 5.12. The Morgan fingerprint density at radius 3 is 2.26 bits per heavy atom. The van der Waals surface area contributed by atoms with Crippen molar-refractivity contribution in [1.29, 1.82) is 0 Å². The number of carbonyl (C=O) groups is 3. The van der Waals surface area contributed by atoms with Gasteiger partial charge in [-0.15, -0.1) is 0 Å². The van der Waals surface area contributed by atoms with E-state index in [2.05, 4.69) is 0 Å². The zero-order valence-electron chi connectivity index (χ0n) is 9.74. The first-order chi connectivity index (χ1) is 8.81. The van der Waals surface area contributed by atoms with Crippen LogP contribution in [0.25, 0.3) is 0 Å². The highest BCUT2D eigenvalue weighted by molar-refractivity contribution is 6.00. The number of benzene rings is 1. The first-order valence-corrected chi connectivity index (χ1v) is 5.12. The van der Waals surface area contributed by atoms with Gasteiger partial charge in [0, 0.05) is 6.07 Å². The van der Waals surface area contributed by atoms with Crippen LogP contribution in [0.5, 0.6) is 11.5 Å². The zero-order chi connectivity index (χ0) is 14.6. The number of primary amides is 1. The molecule has 0 aliphatic carbocycles. The Hall–Kier alpha value is -2.77. The van der Waals surface area contributed by atoms with Gasteiger partial charge in [-0.3, -0.25) is 14.4 Å². The summed E-state index contributed by atoms with van der Waals surface area (Å²) in [6.07, 6.45) is 0. The van der Waals surface area contributed by atoms with Crippen molar-refractivity contribution in [3.63, 3.8) is 0 Å². The summed E-state index contributed by atoms with van der Waals surface area (Å²) in [6, 6.07) is 3.19. The van der Waals surface area contributed by atoms with Gasteiger partial charge in [0.15, 0.2) is 0 Å². The third-order valence-electron chi connectivity index (χ3n) is 2.17. The number of nitrogens with zero attached hydrogens (tertiary/aromatic N) is 1. The fraction of sp³-hybridized carbons (Fsp3) is 0.182. The van der Waals surface area contributed by atoms with Crippen molar-refractivity contribution in [2.45, 2.75) is 0 Å². The molecule has 0 saturated heterocycles. The lowest BCUT2D eigenvalue weighted by atomic mass is 10.1. The van der Waals surface area contributed by atoms with E-state index in [1.807, 2.05) is 0 Å². The lowest BCUT2D eigenvalue weighted by molar-refractivity contribution is -0.138. The van der Waals surface area contributed by atoms with Crippen molar-refractivity contribution in [3.05, 3.63) is 23.8 Å². The summed E-state index contributed by atoms with van der Waals surface area (Å²) in [5.74, 6) is -3.86. The van der Waals surface area contributed by atoms with Gasteiger partial charge in [0.1, 0.15) is 24.6 Å². The number of aliphatic carboxylic acids is 1. The topological polar surface area (TPSA) is 141 Å². The molecule has 1 rings (SSSR count). The van der Waals surface area contributed by atoms with Crippen LogP contribution in [-0.4, -0.2) is 51.1 Å². The van der Waals surface area contributed by atoms with E-state index >= 15 is 0 Å². The Kier molecular flexibility index (Phi) is 4.30. The molecule has 5 N–H and O–H groups in total. The number of hydrogen-bond acceptors (Lipinski definition) is 5. The lowest BCUT2D eigenvalue weighted by Gasteiger charge is -2.19. The molecule has 8 heteroatoms. The highest BCUT2D eigenvalue weighted by Gasteiger charge is 2.22. The molecule has 102 valence electrons. The molecule has 2 amide bonds. The number of phenols is 2. The van der Waals surface area contributed by atoms with Crippen molar-refractivity contribution < 1.29 is 29.7 Å². The summed E-state index contributed by atoms with van der Waals surface area (Å²) in [4.78, 5) is 34.1. The average Bonchev–Trinajstić information content (AvgIpc) is 2.26. The third kappa shape index (κ3) is 3.87. The van der Waals surface area contributed by atoms with Crippen LogP contribution in [0.4, 0.5) is 0 Å². The van der Waals surface area contributed by atoms with E-state index in [-0.39, 0.29) is 11.3 Å². The van der Waals surface area contributed by atoms with Crippen molar-refractivity contribution in [2.24, 2.45) is 5.73 Å². The van der Waals surface area contributed by atoms with Crippen LogP contribution in [0.2, 0.25) is 0 Å². The fourth-order valence-electron chi connectivity index (χ4n) is 1.42. The van der Waals surface area contributed by atoms with Gasteiger partial charge in [-0.25, -0.2) is 0 Å². The molecule has 0 atom stereocenters. The standard InChI is InChI=1S/C11H12N2O6/c12-9(16)4-13(5-10(17)18)11(19)7-2-1-6(14)3-8(7)15/h1-3,14-15H,4-5H2,(H2,12,16)(H,17,18). The van der Waals surface area contributed by atoms with Gasteiger partial charge in [0.05, 0.1) is 5.56 Å². The van der Waals surface area contributed by atoms with Gasteiger partial charge in [-0.2, -0.15) is 0 Å². The number of carboxylic acids is 1. The molecule has 0 spiro atoms. The van der Waals surface area contributed by atoms with E-state index in [4.69, 9.17) is 15.9 Å². The van der Waals surface area contributed by atoms with Gasteiger partial charge in [0.25, 0.3) is 5.91 Å². The molecule has 1 aromatic rings. The van der Waals surface area contributed by atoms with Crippen LogP contribution in [0.15, 0.2) is 18.2 Å². The summed E-state index contributed by atoms with van der Waals surface area (Å²) < 4.78 is 0. The molecular weight excluding hydrogens is 256 g/mol. The Morgan fingerprint density at radius 1 is 1.16 bits per heavy atom. The van der Waals surface area contributed by atoms with Crippen molar-refractivity contribution in [2.75, 3.05) is 13.1 Å². The second-order valence-corrected chi connectivity index (χ2v) is 3.72. The van der Waals surface area contributed by atoms with Crippen LogP contribution >= 0.6 is 0 Å². The largest absolute Gasteiger partial charge is 0.508 e. The van der Waals surface area contributed by atoms with Crippen molar-refractivity contribution in [1.82, 2.24) is 4.90 Å². The summed E-state index contributed by atoms with van der Waals surface area (Å²) in [5.41, 5.74) is 4.68. The molecule has 0 saturated carbocycles. The van der Waals surface area contributed by atoms with Crippen LogP contribution in [0, 0.1) is 0 Å². The molecular formula is C11H12N2O6. The SMILES string of the molecule is NC(=O)CN(CC(=O)O)C(=O)c1ccc(O)cc1O.